The van der Waals surface area contributed by atoms with Crippen LogP contribution in [0.25, 0.3) is 0 Å². The Kier molecular flexibility index (Phi) is 6.81. The molecule has 0 saturated heterocycles. The fraction of sp³-hybridized carbons (Fsp3) is 0.600. The van der Waals surface area contributed by atoms with E-state index in [4.69, 9.17) is 6.42 Å². The highest BCUT2D eigenvalue weighted by atomic mass is 16.5. The highest BCUT2D eigenvalue weighted by Crippen LogP contribution is 1.86. The zero-order valence-electron chi connectivity index (χ0n) is 9.00. The summed E-state index contributed by atoms with van der Waals surface area (Å²) in [5.41, 5.74) is 0. The summed E-state index contributed by atoms with van der Waals surface area (Å²) in [4.78, 5) is 22.0. The largest absolute Gasteiger partial charge is 0.465 e. The molecule has 84 valence electrons. The zero-order chi connectivity index (χ0) is 11.7. The van der Waals surface area contributed by atoms with Gasteiger partial charge in [-0.3, -0.25) is 4.79 Å². The van der Waals surface area contributed by atoms with Gasteiger partial charge >= 0.3 is 12.0 Å². The molecule has 0 aromatic carbocycles. The predicted octanol–water partition coefficient (Wildman–Crippen LogP) is 0.260. The number of carbonyl (C=O) groups excluding carboxylic acids is 2. The Morgan fingerprint density at radius 2 is 2.20 bits per heavy atom. The average Bonchev–Trinajstić information content (AvgIpc) is 2.15. The second kappa shape index (κ2) is 7.68. The van der Waals surface area contributed by atoms with Crippen LogP contribution in [0.1, 0.15) is 20.3 Å². The molecule has 0 rings (SSSR count). The van der Waals surface area contributed by atoms with Crippen molar-refractivity contribution in [2.24, 2.45) is 0 Å². The van der Waals surface area contributed by atoms with E-state index in [1.807, 2.05) is 0 Å². The summed E-state index contributed by atoms with van der Waals surface area (Å²) in [6, 6.07) is -0.539. The first kappa shape index (κ1) is 13.3. The molecule has 0 heterocycles. The van der Waals surface area contributed by atoms with Gasteiger partial charge in [-0.2, -0.15) is 0 Å². The minimum atomic E-state index is -0.461. The lowest BCUT2D eigenvalue weighted by molar-refractivity contribution is -0.141. The first-order valence-corrected chi connectivity index (χ1v) is 4.73. The summed E-state index contributed by atoms with van der Waals surface area (Å²) in [6.45, 7) is 3.65. The van der Waals surface area contributed by atoms with E-state index in [0.29, 0.717) is 13.0 Å². The molecule has 0 fully saturated rings. The van der Waals surface area contributed by atoms with Crippen molar-refractivity contribution in [3.8, 4) is 12.3 Å². The van der Waals surface area contributed by atoms with Crippen LogP contribution in [0.3, 0.4) is 0 Å². The Hall–Kier alpha value is -1.70. The highest BCUT2D eigenvalue weighted by Gasteiger charge is 2.07. The molecular formula is C10H16N2O3. The summed E-state index contributed by atoms with van der Waals surface area (Å²) in [5, 5.41) is 4.94. The van der Waals surface area contributed by atoms with Crippen molar-refractivity contribution in [1.82, 2.24) is 10.6 Å². The minimum absolute atomic E-state index is 0.114. The zero-order valence-corrected chi connectivity index (χ0v) is 9.00. The Morgan fingerprint density at radius 1 is 1.53 bits per heavy atom. The van der Waals surface area contributed by atoms with Gasteiger partial charge in [-0.1, -0.05) is 0 Å². The topological polar surface area (TPSA) is 67.4 Å². The molecular weight excluding hydrogens is 196 g/mol. The number of hydrogen-bond donors (Lipinski definition) is 2. The van der Waals surface area contributed by atoms with Gasteiger partial charge in [0.15, 0.2) is 0 Å². The Morgan fingerprint density at radius 3 is 2.73 bits per heavy atom. The Bertz CT molecular complexity index is 258. The maximum absolute atomic E-state index is 11.1. The highest BCUT2D eigenvalue weighted by molar-refractivity contribution is 5.80. The van der Waals surface area contributed by atoms with Gasteiger partial charge in [0.05, 0.1) is 6.61 Å². The first-order chi connectivity index (χ1) is 7.10. The van der Waals surface area contributed by atoms with Crippen molar-refractivity contribution >= 4 is 12.0 Å². The van der Waals surface area contributed by atoms with Gasteiger partial charge in [-0.15, -0.1) is 12.3 Å². The number of hydrogen-bond acceptors (Lipinski definition) is 3. The van der Waals surface area contributed by atoms with Crippen molar-refractivity contribution < 1.29 is 14.3 Å². The Balaban J connectivity index is 3.66. The average molecular weight is 212 g/mol. The molecule has 2 N–H and O–H groups in total. The normalized spacial score (nSPS) is 11.0. The first-order valence-electron chi connectivity index (χ1n) is 4.73. The molecule has 5 nitrogen and oxygen atoms in total. The lowest BCUT2D eigenvalue weighted by Gasteiger charge is -2.11. The van der Waals surface area contributed by atoms with Crippen LogP contribution in [0.15, 0.2) is 0 Å². The van der Waals surface area contributed by atoms with Crippen molar-refractivity contribution in [2.45, 2.75) is 26.3 Å². The predicted molar refractivity (Wildman–Crippen MR) is 56.1 cm³/mol. The maximum Gasteiger partial charge on any atom is 0.325 e. The SMILES string of the molecule is C#CCC(C)NC(=O)NCC(=O)OCC. The van der Waals surface area contributed by atoms with Gasteiger partial charge in [-0.25, -0.2) is 4.79 Å². The van der Waals surface area contributed by atoms with Crippen LogP contribution in [0.4, 0.5) is 4.79 Å². The molecule has 0 spiro atoms. The third-order valence-electron chi connectivity index (χ3n) is 1.50. The van der Waals surface area contributed by atoms with Gasteiger partial charge in [0.2, 0.25) is 0 Å². The summed E-state index contributed by atoms with van der Waals surface area (Å²) >= 11 is 0. The van der Waals surface area contributed by atoms with Gasteiger partial charge in [-0.05, 0) is 13.8 Å². The monoisotopic (exact) mass is 212 g/mol. The number of urea groups is 1. The third kappa shape index (κ3) is 7.38. The summed E-state index contributed by atoms with van der Waals surface area (Å²) in [6.07, 6.45) is 5.52. The van der Waals surface area contributed by atoms with Crippen molar-refractivity contribution in [3.63, 3.8) is 0 Å². The third-order valence-corrected chi connectivity index (χ3v) is 1.50. The van der Waals surface area contributed by atoms with Gasteiger partial charge in [0.25, 0.3) is 0 Å². The van der Waals surface area contributed by atoms with E-state index in [9.17, 15) is 9.59 Å². The van der Waals surface area contributed by atoms with E-state index in [0.717, 1.165) is 0 Å². The number of nitrogens with one attached hydrogen (secondary N) is 2. The van der Waals surface area contributed by atoms with E-state index < -0.39 is 12.0 Å². The second-order valence-corrected chi connectivity index (χ2v) is 2.94. The number of rotatable bonds is 5. The van der Waals surface area contributed by atoms with Crippen LogP contribution in [0.5, 0.6) is 0 Å². The van der Waals surface area contributed by atoms with Crippen LogP contribution < -0.4 is 10.6 Å². The lowest BCUT2D eigenvalue weighted by atomic mass is 10.2. The molecule has 0 bridgehead atoms. The number of ether oxygens (including phenoxy) is 1. The quantitative estimate of drug-likeness (QED) is 0.507. The van der Waals surface area contributed by atoms with E-state index in [2.05, 4.69) is 21.3 Å². The number of esters is 1. The molecule has 0 aromatic heterocycles. The molecule has 0 saturated carbocycles. The molecule has 0 aromatic rings. The van der Waals surface area contributed by atoms with Crippen LogP contribution in [-0.4, -0.2) is 31.2 Å². The van der Waals surface area contributed by atoms with Gasteiger partial charge in [0, 0.05) is 12.5 Å². The van der Waals surface area contributed by atoms with E-state index in [1.165, 1.54) is 0 Å². The summed E-state index contributed by atoms with van der Waals surface area (Å²) in [7, 11) is 0. The van der Waals surface area contributed by atoms with Crippen molar-refractivity contribution in [3.05, 3.63) is 0 Å². The number of carbonyl (C=O) groups is 2. The standard InChI is InChI=1S/C10H16N2O3/c1-4-6-8(3)12-10(14)11-7-9(13)15-5-2/h1,8H,5-7H2,2-3H3,(H2,11,12,14). The summed E-state index contributed by atoms with van der Waals surface area (Å²) in [5.74, 6) is 1.96. The molecule has 1 atom stereocenters. The molecule has 0 aliphatic carbocycles. The van der Waals surface area contributed by atoms with E-state index in [-0.39, 0.29) is 12.6 Å². The second-order valence-electron chi connectivity index (χ2n) is 2.94. The number of amides is 2. The van der Waals surface area contributed by atoms with Crippen LogP contribution in [0, 0.1) is 12.3 Å². The smallest absolute Gasteiger partial charge is 0.325 e. The Labute approximate surface area is 89.6 Å². The maximum atomic E-state index is 11.1. The van der Waals surface area contributed by atoms with Crippen LogP contribution in [0.2, 0.25) is 0 Å². The molecule has 2 amide bonds. The van der Waals surface area contributed by atoms with Gasteiger partial charge < -0.3 is 15.4 Å². The van der Waals surface area contributed by atoms with Crippen LogP contribution in [-0.2, 0) is 9.53 Å². The molecule has 0 aliphatic heterocycles. The van der Waals surface area contributed by atoms with Gasteiger partial charge in [0.1, 0.15) is 6.54 Å². The van der Waals surface area contributed by atoms with E-state index in [1.54, 1.807) is 13.8 Å². The van der Waals surface area contributed by atoms with Crippen LogP contribution >= 0.6 is 0 Å². The molecule has 0 aliphatic rings. The van der Waals surface area contributed by atoms with Crippen molar-refractivity contribution in [1.29, 1.82) is 0 Å². The molecule has 15 heavy (non-hydrogen) atoms. The van der Waals surface area contributed by atoms with Crippen molar-refractivity contribution in [2.75, 3.05) is 13.2 Å². The minimum Gasteiger partial charge on any atom is -0.465 e. The lowest BCUT2D eigenvalue weighted by Crippen LogP contribution is -2.42. The fourth-order valence-electron chi connectivity index (χ4n) is 0.867. The summed E-state index contributed by atoms with van der Waals surface area (Å²) < 4.78 is 4.63. The number of terminal acetylenes is 1. The van der Waals surface area contributed by atoms with E-state index >= 15 is 0 Å². The molecule has 0 radical (unpaired) electrons. The molecule has 5 heteroatoms. The fourth-order valence-corrected chi connectivity index (χ4v) is 0.867. The molecule has 1 unspecified atom stereocenters.